The predicted molar refractivity (Wildman–Crippen MR) is 77.0 cm³/mol. The summed E-state index contributed by atoms with van der Waals surface area (Å²) in [7, 11) is 1.47. The van der Waals surface area contributed by atoms with Crippen LogP contribution in [0.15, 0.2) is 0 Å². The van der Waals surface area contributed by atoms with E-state index in [1.54, 1.807) is 0 Å². The summed E-state index contributed by atoms with van der Waals surface area (Å²) in [6, 6.07) is -0.530. The first-order valence-corrected chi connectivity index (χ1v) is 6.70. The number of carbonyl (C=O) groups excluding carboxylic acids is 2. The molecule has 122 valence electrons. The maximum atomic E-state index is 11.8. The van der Waals surface area contributed by atoms with E-state index < -0.39 is 18.5 Å². The molecule has 21 heavy (non-hydrogen) atoms. The van der Waals surface area contributed by atoms with Gasteiger partial charge in [0.2, 0.25) is 5.91 Å². The average molecular weight is 303 g/mol. The molecule has 0 bridgehead atoms. The summed E-state index contributed by atoms with van der Waals surface area (Å²) in [6.45, 7) is 5.73. The van der Waals surface area contributed by atoms with Gasteiger partial charge in [-0.15, -0.1) is 0 Å². The smallest absolute Gasteiger partial charge is 0.323 e. The van der Waals surface area contributed by atoms with Gasteiger partial charge in [-0.25, -0.2) is 4.79 Å². The summed E-state index contributed by atoms with van der Waals surface area (Å²) in [5, 5.41) is 14.0. The largest absolute Gasteiger partial charge is 0.480 e. The van der Waals surface area contributed by atoms with E-state index in [-0.39, 0.29) is 37.6 Å². The highest BCUT2D eigenvalue weighted by molar-refractivity contribution is 5.81. The third-order valence-electron chi connectivity index (χ3n) is 2.32. The fourth-order valence-corrected chi connectivity index (χ4v) is 1.49. The Bertz CT molecular complexity index is 365. The predicted octanol–water partition coefficient (Wildman–Crippen LogP) is 0.0338. The Labute approximate surface area is 124 Å². The van der Waals surface area contributed by atoms with Crippen molar-refractivity contribution in [3.05, 3.63) is 0 Å². The van der Waals surface area contributed by atoms with Crippen molar-refractivity contribution >= 4 is 17.9 Å². The van der Waals surface area contributed by atoms with E-state index in [9.17, 15) is 14.4 Å². The highest BCUT2D eigenvalue weighted by atomic mass is 16.5. The van der Waals surface area contributed by atoms with Crippen molar-refractivity contribution in [3.63, 3.8) is 0 Å². The normalized spacial score (nSPS) is 10.9. The minimum absolute atomic E-state index is 0.133. The van der Waals surface area contributed by atoms with Gasteiger partial charge in [0.05, 0.1) is 6.61 Å². The maximum absolute atomic E-state index is 11.8. The number of hydrogen-bond donors (Lipinski definition) is 3. The van der Waals surface area contributed by atoms with Gasteiger partial charge >= 0.3 is 12.0 Å². The Morgan fingerprint density at radius 2 is 1.86 bits per heavy atom. The molecule has 0 atom stereocenters. The molecule has 8 heteroatoms. The van der Waals surface area contributed by atoms with Crippen LogP contribution in [0, 0.1) is 0 Å². The van der Waals surface area contributed by atoms with Crippen molar-refractivity contribution in [2.75, 3.05) is 33.4 Å². The number of nitrogens with zero attached hydrogens (tertiary/aromatic N) is 1. The minimum atomic E-state index is -1.10. The van der Waals surface area contributed by atoms with Crippen LogP contribution in [0.2, 0.25) is 0 Å². The van der Waals surface area contributed by atoms with Crippen LogP contribution in [0.1, 0.15) is 27.2 Å². The number of nitrogens with one attached hydrogen (secondary N) is 2. The van der Waals surface area contributed by atoms with Gasteiger partial charge in [0.1, 0.15) is 6.54 Å². The number of carboxylic acids is 1. The van der Waals surface area contributed by atoms with Crippen molar-refractivity contribution in [1.29, 1.82) is 0 Å². The van der Waals surface area contributed by atoms with Crippen LogP contribution in [0.25, 0.3) is 0 Å². The van der Waals surface area contributed by atoms with Crippen LogP contribution >= 0.6 is 0 Å². The number of methoxy groups -OCH3 is 1. The van der Waals surface area contributed by atoms with Crippen LogP contribution in [0.4, 0.5) is 4.79 Å². The fourth-order valence-electron chi connectivity index (χ4n) is 1.49. The minimum Gasteiger partial charge on any atom is -0.480 e. The topological polar surface area (TPSA) is 108 Å². The van der Waals surface area contributed by atoms with Crippen LogP contribution in [0.3, 0.4) is 0 Å². The standard InChI is InChI=1S/C13H25N3O5/c1-13(2,3)15-10(17)5-6-14-12(20)16(7-8-21-4)9-11(18)19/h5-9H2,1-4H3,(H,14,20)(H,15,17)(H,18,19). The number of carbonyl (C=O) groups is 3. The molecular formula is C13H25N3O5. The lowest BCUT2D eigenvalue weighted by molar-refractivity contribution is -0.137. The van der Waals surface area contributed by atoms with Crippen molar-refractivity contribution in [1.82, 2.24) is 15.5 Å². The molecule has 3 amide bonds. The Hall–Kier alpha value is -1.83. The first kappa shape index (κ1) is 19.2. The summed E-state index contributed by atoms with van der Waals surface area (Å²) < 4.78 is 4.82. The number of ether oxygens (including phenoxy) is 1. The first-order chi connectivity index (χ1) is 9.65. The van der Waals surface area contributed by atoms with Gasteiger partial charge in [0.25, 0.3) is 0 Å². The molecule has 0 heterocycles. The summed E-state index contributed by atoms with van der Waals surface area (Å²) in [5.74, 6) is -1.28. The Morgan fingerprint density at radius 3 is 2.33 bits per heavy atom. The fraction of sp³-hybridized carbons (Fsp3) is 0.769. The summed E-state index contributed by atoms with van der Waals surface area (Å²) >= 11 is 0. The number of urea groups is 1. The van der Waals surface area contributed by atoms with E-state index in [1.807, 2.05) is 20.8 Å². The van der Waals surface area contributed by atoms with Gasteiger partial charge in [0, 0.05) is 32.2 Å². The van der Waals surface area contributed by atoms with Gasteiger partial charge in [-0.3, -0.25) is 9.59 Å². The zero-order valence-electron chi connectivity index (χ0n) is 13.1. The highest BCUT2D eigenvalue weighted by Crippen LogP contribution is 1.99. The number of aliphatic carboxylic acids is 1. The lowest BCUT2D eigenvalue weighted by Crippen LogP contribution is -2.46. The van der Waals surface area contributed by atoms with E-state index in [1.165, 1.54) is 7.11 Å². The Morgan fingerprint density at radius 1 is 1.24 bits per heavy atom. The van der Waals surface area contributed by atoms with Crippen molar-refractivity contribution in [2.24, 2.45) is 0 Å². The number of rotatable bonds is 8. The van der Waals surface area contributed by atoms with Gasteiger partial charge in [-0.1, -0.05) is 0 Å². The SMILES string of the molecule is COCCN(CC(=O)O)C(=O)NCCC(=O)NC(C)(C)C. The van der Waals surface area contributed by atoms with E-state index >= 15 is 0 Å². The van der Waals surface area contributed by atoms with Crippen LogP contribution in [-0.2, 0) is 14.3 Å². The summed E-state index contributed by atoms with van der Waals surface area (Å²) in [6.07, 6.45) is 0.133. The highest BCUT2D eigenvalue weighted by Gasteiger charge is 2.17. The molecule has 3 N–H and O–H groups in total. The lowest BCUT2D eigenvalue weighted by Gasteiger charge is -2.22. The molecule has 0 rings (SSSR count). The summed E-state index contributed by atoms with van der Waals surface area (Å²) in [4.78, 5) is 35.2. The van der Waals surface area contributed by atoms with E-state index in [4.69, 9.17) is 9.84 Å². The van der Waals surface area contributed by atoms with Crippen LogP contribution in [0.5, 0.6) is 0 Å². The number of amides is 3. The quantitative estimate of drug-likeness (QED) is 0.586. The van der Waals surface area contributed by atoms with Crippen molar-refractivity contribution in [2.45, 2.75) is 32.7 Å². The van der Waals surface area contributed by atoms with E-state index in [0.717, 1.165) is 4.90 Å². The Balaban J connectivity index is 4.18. The second-order valence-electron chi connectivity index (χ2n) is 5.59. The third kappa shape index (κ3) is 10.6. The Kier molecular flexibility index (Phi) is 8.37. The molecule has 0 radical (unpaired) electrons. The number of hydrogen-bond acceptors (Lipinski definition) is 4. The molecule has 0 aromatic heterocycles. The first-order valence-electron chi connectivity index (χ1n) is 6.70. The molecule has 0 saturated carbocycles. The zero-order valence-corrected chi connectivity index (χ0v) is 13.1. The lowest BCUT2D eigenvalue weighted by atomic mass is 10.1. The summed E-state index contributed by atoms with van der Waals surface area (Å²) in [5.41, 5.74) is -0.325. The zero-order chi connectivity index (χ0) is 16.5. The van der Waals surface area contributed by atoms with Crippen molar-refractivity contribution in [3.8, 4) is 0 Å². The third-order valence-corrected chi connectivity index (χ3v) is 2.32. The van der Waals surface area contributed by atoms with Gasteiger partial charge in [0.15, 0.2) is 0 Å². The van der Waals surface area contributed by atoms with E-state index in [2.05, 4.69) is 10.6 Å². The molecule has 0 fully saturated rings. The maximum Gasteiger partial charge on any atom is 0.323 e. The molecule has 0 spiro atoms. The molecule has 0 aliphatic carbocycles. The monoisotopic (exact) mass is 303 g/mol. The van der Waals surface area contributed by atoms with Crippen LogP contribution < -0.4 is 10.6 Å². The molecule has 0 aliphatic rings. The number of carboxylic acid groups (broad SMARTS) is 1. The molecule has 0 saturated heterocycles. The van der Waals surface area contributed by atoms with Gasteiger partial charge in [-0.2, -0.15) is 0 Å². The average Bonchev–Trinajstić information content (AvgIpc) is 2.31. The second-order valence-corrected chi connectivity index (χ2v) is 5.59. The molecule has 8 nitrogen and oxygen atoms in total. The molecule has 0 aliphatic heterocycles. The second kappa shape index (κ2) is 9.17. The van der Waals surface area contributed by atoms with Crippen molar-refractivity contribution < 1.29 is 24.2 Å². The molecular weight excluding hydrogens is 278 g/mol. The van der Waals surface area contributed by atoms with E-state index in [0.29, 0.717) is 0 Å². The van der Waals surface area contributed by atoms with Gasteiger partial charge in [-0.05, 0) is 20.8 Å². The van der Waals surface area contributed by atoms with Crippen LogP contribution in [-0.4, -0.2) is 66.8 Å². The molecule has 0 aromatic rings. The van der Waals surface area contributed by atoms with Gasteiger partial charge < -0.3 is 25.4 Å². The molecule has 0 aromatic carbocycles. The molecule has 0 unspecified atom stereocenters.